The van der Waals surface area contributed by atoms with E-state index in [9.17, 15) is 9.90 Å². The van der Waals surface area contributed by atoms with Crippen molar-refractivity contribution in [2.75, 3.05) is 19.7 Å². The van der Waals surface area contributed by atoms with Gasteiger partial charge in [-0.15, -0.1) is 0 Å². The van der Waals surface area contributed by atoms with Crippen LogP contribution >= 0.6 is 0 Å². The minimum Gasteiger partial charge on any atom is -0.507 e. The number of carbonyl (C=O) groups is 1. The number of rotatable bonds is 7. The Labute approximate surface area is 113 Å². The third kappa shape index (κ3) is 5.90. The number of carbonyl (C=O) groups excluding carboxylic acids is 1. The number of nitrogens with one attached hydrogen (secondary N) is 1. The molecule has 0 bridgehead atoms. The molecule has 0 aliphatic rings. The average Bonchev–Trinajstić information content (AvgIpc) is 2.37. The Morgan fingerprint density at radius 3 is 2.95 bits per heavy atom. The smallest absolute Gasteiger partial charge is 0.216 e. The largest absolute Gasteiger partial charge is 0.507 e. The lowest BCUT2D eigenvalue weighted by Crippen LogP contribution is -2.22. The lowest BCUT2D eigenvalue weighted by molar-refractivity contribution is -0.118. The molecule has 1 aromatic rings. The average molecular weight is 264 g/mol. The highest BCUT2D eigenvalue weighted by Gasteiger charge is 2.01. The van der Waals surface area contributed by atoms with Crippen LogP contribution in [0.15, 0.2) is 23.2 Å². The molecule has 0 unspecified atom stereocenters. The molecule has 19 heavy (non-hydrogen) atoms. The number of amides is 1. The van der Waals surface area contributed by atoms with Gasteiger partial charge in [-0.05, 0) is 18.6 Å². The summed E-state index contributed by atoms with van der Waals surface area (Å²) in [6.45, 7) is 5.08. The summed E-state index contributed by atoms with van der Waals surface area (Å²) in [6, 6.07) is 5.12. The maximum atomic E-state index is 10.6. The zero-order chi connectivity index (χ0) is 14.1. The van der Waals surface area contributed by atoms with E-state index in [1.165, 1.54) is 6.92 Å². The van der Waals surface area contributed by atoms with Crippen LogP contribution in [0.2, 0.25) is 0 Å². The third-order valence-electron chi connectivity index (χ3n) is 2.32. The molecule has 2 N–H and O–H groups in total. The molecule has 1 amide bonds. The van der Waals surface area contributed by atoms with Crippen LogP contribution < -0.4 is 10.1 Å². The maximum Gasteiger partial charge on any atom is 0.216 e. The molecular formula is C14H20N2O3. The number of ether oxygens (including phenoxy) is 1. The van der Waals surface area contributed by atoms with Crippen LogP contribution in [-0.2, 0) is 4.79 Å². The molecule has 5 heteroatoms. The predicted molar refractivity (Wildman–Crippen MR) is 75.0 cm³/mol. The number of phenolic OH excluding ortho intramolecular Hbond substituents is 1. The molecule has 0 atom stereocenters. The summed E-state index contributed by atoms with van der Waals surface area (Å²) in [6.07, 6.45) is 2.51. The van der Waals surface area contributed by atoms with Crippen molar-refractivity contribution in [3.8, 4) is 11.5 Å². The van der Waals surface area contributed by atoms with Crippen LogP contribution in [0.25, 0.3) is 0 Å². The van der Waals surface area contributed by atoms with Crippen LogP contribution in [0.3, 0.4) is 0 Å². The Morgan fingerprint density at radius 1 is 1.53 bits per heavy atom. The highest BCUT2D eigenvalue weighted by molar-refractivity contribution is 5.83. The van der Waals surface area contributed by atoms with Gasteiger partial charge in [0, 0.05) is 31.3 Å². The second kappa shape index (κ2) is 8.13. The number of aliphatic imine (C=N–C) groups is 1. The zero-order valence-corrected chi connectivity index (χ0v) is 11.3. The Hall–Kier alpha value is -2.04. The quantitative estimate of drug-likeness (QED) is 0.582. The van der Waals surface area contributed by atoms with E-state index in [4.69, 9.17) is 4.74 Å². The lowest BCUT2D eigenvalue weighted by Gasteiger charge is -2.06. The SMILES string of the molecule is CCCOc1ccc(C=NCCNC(C)=O)c(O)c1. The topological polar surface area (TPSA) is 70.9 Å². The lowest BCUT2D eigenvalue weighted by atomic mass is 10.2. The van der Waals surface area contributed by atoms with Gasteiger partial charge in [-0.2, -0.15) is 0 Å². The fourth-order valence-electron chi connectivity index (χ4n) is 1.40. The molecule has 0 aliphatic heterocycles. The molecule has 0 spiro atoms. The second-order valence-corrected chi connectivity index (χ2v) is 4.09. The van der Waals surface area contributed by atoms with Gasteiger partial charge in [0.05, 0.1) is 13.2 Å². The van der Waals surface area contributed by atoms with Crippen molar-refractivity contribution in [2.45, 2.75) is 20.3 Å². The van der Waals surface area contributed by atoms with Gasteiger partial charge >= 0.3 is 0 Å². The molecule has 0 heterocycles. The highest BCUT2D eigenvalue weighted by Crippen LogP contribution is 2.22. The minimum atomic E-state index is -0.0736. The normalized spacial score (nSPS) is 10.6. The number of benzene rings is 1. The van der Waals surface area contributed by atoms with Gasteiger partial charge in [-0.25, -0.2) is 0 Å². The van der Waals surface area contributed by atoms with Gasteiger partial charge in [-0.3, -0.25) is 9.79 Å². The molecule has 0 saturated heterocycles. The van der Waals surface area contributed by atoms with Gasteiger partial charge < -0.3 is 15.2 Å². The van der Waals surface area contributed by atoms with E-state index in [1.54, 1.807) is 24.4 Å². The van der Waals surface area contributed by atoms with Crippen molar-refractivity contribution in [3.05, 3.63) is 23.8 Å². The van der Waals surface area contributed by atoms with E-state index < -0.39 is 0 Å². The van der Waals surface area contributed by atoms with Crippen molar-refractivity contribution in [1.82, 2.24) is 5.32 Å². The highest BCUT2D eigenvalue weighted by atomic mass is 16.5. The molecule has 0 aliphatic carbocycles. The van der Waals surface area contributed by atoms with E-state index in [1.807, 2.05) is 6.92 Å². The number of hydrogen-bond acceptors (Lipinski definition) is 4. The van der Waals surface area contributed by atoms with Crippen molar-refractivity contribution < 1.29 is 14.6 Å². The summed E-state index contributed by atoms with van der Waals surface area (Å²) in [5, 5.41) is 12.4. The number of aromatic hydroxyl groups is 1. The summed E-state index contributed by atoms with van der Waals surface area (Å²) < 4.78 is 5.41. The Morgan fingerprint density at radius 2 is 2.32 bits per heavy atom. The summed E-state index contributed by atoms with van der Waals surface area (Å²) in [7, 11) is 0. The van der Waals surface area contributed by atoms with Crippen LogP contribution in [-0.4, -0.2) is 36.9 Å². The first-order valence-electron chi connectivity index (χ1n) is 6.33. The number of hydrogen-bond donors (Lipinski definition) is 2. The summed E-state index contributed by atoms with van der Waals surface area (Å²) in [4.78, 5) is 14.8. The van der Waals surface area contributed by atoms with Gasteiger partial charge in [0.15, 0.2) is 0 Å². The molecule has 0 saturated carbocycles. The summed E-state index contributed by atoms with van der Waals surface area (Å²) >= 11 is 0. The van der Waals surface area contributed by atoms with Gasteiger partial charge in [0.2, 0.25) is 5.91 Å². The Bertz CT molecular complexity index is 444. The van der Waals surface area contributed by atoms with Crippen molar-refractivity contribution in [2.24, 2.45) is 4.99 Å². The van der Waals surface area contributed by atoms with Crippen LogP contribution in [0.5, 0.6) is 11.5 Å². The summed E-state index contributed by atoms with van der Waals surface area (Å²) in [5.41, 5.74) is 0.631. The van der Waals surface area contributed by atoms with E-state index >= 15 is 0 Å². The minimum absolute atomic E-state index is 0.0736. The molecule has 0 aromatic heterocycles. The van der Waals surface area contributed by atoms with E-state index in [2.05, 4.69) is 10.3 Å². The van der Waals surface area contributed by atoms with E-state index in [-0.39, 0.29) is 11.7 Å². The first-order chi connectivity index (χ1) is 9.13. The van der Waals surface area contributed by atoms with E-state index in [0.717, 1.165) is 6.42 Å². The molecule has 0 fully saturated rings. The van der Waals surface area contributed by atoms with Crippen molar-refractivity contribution in [1.29, 1.82) is 0 Å². The van der Waals surface area contributed by atoms with Crippen LogP contribution in [0.1, 0.15) is 25.8 Å². The monoisotopic (exact) mass is 264 g/mol. The molecule has 1 aromatic carbocycles. The van der Waals surface area contributed by atoms with Crippen LogP contribution in [0.4, 0.5) is 0 Å². The van der Waals surface area contributed by atoms with Gasteiger partial charge in [0.25, 0.3) is 0 Å². The molecule has 104 valence electrons. The van der Waals surface area contributed by atoms with Crippen molar-refractivity contribution in [3.63, 3.8) is 0 Å². The molecule has 0 radical (unpaired) electrons. The first-order valence-corrected chi connectivity index (χ1v) is 6.33. The first kappa shape index (κ1) is 15.0. The fourth-order valence-corrected chi connectivity index (χ4v) is 1.40. The Kier molecular flexibility index (Phi) is 6.43. The zero-order valence-electron chi connectivity index (χ0n) is 11.3. The van der Waals surface area contributed by atoms with Crippen molar-refractivity contribution >= 4 is 12.1 Å². The standard InChI is InChI=1S/C14H20N2O3/c1-3-8-19-13-5-4-12(14(18)9-13)10-15-6-7-16-11(2)17/h4-5,9-10,18H,3,6-8H2,1-2H3,(H,16,17). The third-order valence-corrected chi connectivity index (χ3v) is 2.32. The van der Waals surface area contributed by atoms with Gasteiger partial charge in [-0.1, -0.05) is 6.92 Å². The second-order valence-electron chi connectivity index (χ2n) is 4.09. The number of phenols is 1. The maximum absolute atomic E-state index is 10.6. The van der Waals surface area contributed by atoms with Gasteiger partial charge in [0.1, 0.15) is 11.5 Å². The molecular weight excluding hydrogens is 244 g/mol. The van der Waals surface area contributed by atoms with E-state index in [0.29, 0.717) is 31.0 Å². The fraction of sp³-hybridized carbons (Fsp3) is 0.429. The summed E-state index contributed by atoms with van der Waals surface area (Å²) in [5.74, 6) is 0.710. The number of nitrogens with zero attached hydrogens (tertiary/aromatic N) is 1. The van der Waals surface area contributed by atoms with Crippen LogP contribution in [0, 0.1) is 0 Å². The Balaban J connectivity index is 2.49. The predicted octanol–water partition coefficient (Wildman–Crippen LogP) is 1.74. The molecule has 1 rings (SSSR count). The molecule has 5 nitrogen and oxygen atoms in total.